The molecule has 150 valence electrons. The van der Waals surface area contributed by atoms with Crippen LogP contribution in [0.1, 0.15) is 48.2 Å². The van der Waals surface area contributed by atoms with Crippen LogP contribution in [0.2, 0.25) is 5.02 Å². The Morgan fingerprint density at radius 1 is 1.24 bits per heavy atom. The lowest BCUT2D eigenvalue weighted by molar-refractivity contribution is -0.115. The minimum Gasteiger partial charge on any atom is -0.508 e. The summed E-state index contributed by atoms with van der Waals surface area (Å²) < 4.78 is 0. The lowest BCUT2D eigenvalue weighted by Crippen LogP contribution is -2.48. The molecule has 1 saturated carbocycles. The summed E-state index contributed by atoms with van der Waals surface area (Å²) in [6, 6.07) is 7.75. The molecule has 2 aliphatic carbocycles. The van der Waals surface area contributed by atoms with E-state index in [1.54, 1.807) is 24.3 Å². The normalized spacial score (nSPS) is 20.1. The van der Waals surface area contributed by atoms with Crippen LogP contribution in [0.5, 0.6) is 5.75 Å². The first kappa shape index (κ1) is 19.5. The number of phenols is 1. The van der Waals surface area contributed by atoms with Crippen molar-refractivity contribution in [3.8, 4) is 5.75 Å². The first-order valence-electron chi connectivity index (χ1n) is 9.66. The molecule has 1 fully saturated rings. The molecule has 2 bridgehead atoms. The van der Waals surface area contributed by atoms with Crippen molar-refractivity contribution in [3.63, 3.8) is 0 Å². The van der Waals surface area contributed by atoms with Crippen LogP contribution >= 0.6 is 11.6 Å². The topological polar surface area (TPSA) is 91.3 Å². The summed E-state index contributed by atoms with van der Waals surface area (Å²) in [5, 5.41) is 16.2. The van der Waals surface area contributed by atoms with E-state index in [0.717, 1.165) is 32.1 Å². The van der Waals surface area contributed by atoms with Crippen molar-refractivity contribution in [1.82, 2.24) is 10.3 Å². The minimum absolute atomic E-state index is 0.00984. The molecule has 1 aromatic carbocycles. The molecule has 1 heterocycles. The summed E-state index contributed by atoms with van der Waals surface area (Å²) in [7, 11) is 0. The van der Waals surface area contributed by atoms with Gasteiger partial charge < -0.3 is 15.7 Å². The fourth-order valence-electron chi connectivity index (χ4n) is 4.12. The van der Waals surface area contributed by atoms with Gasteiger partial charge in [-0.2, -0.15) is 0 Å². The van der Waals surface area contributed by atoms with Crippen LogP contribution < -0.4 is 10.6 Å². The highest BCUT2D eigenvalue weighted by Gasteiger charge is 2.38. The number of phenolic OH excluding ortho intramolecular Hbond substituents is 1. The summed E-state index contributed by atoms with van der Waals surface area (Å²) in [5.74, 6) is -0.545. The average molecular weight is 412 g/mol. The smallest absolute Gasteiger partial charge is 0.270 e. The summed E-state index contributed by atoms with van der Waals surface area (Å²) in [6.45, 7) is 0. The molecule has 0 aliphatic heterocycles. The van der Waals surface area contributed by atoms with Crippen LogP contribution in [0.15, 0.2) is 48.2 Å². The van der Waals surface area contributed by atoms with Crippen molar-refractivity contribution >= 4 is 29.1 Å². The molecular weight excluding hydrogens is 390 g/mol. The molecule has 1 aromatic heterocycles. The zero-order valence-corrected chi connectivity index (χ0v) is 16.6. The van der Waals surface area contributed by atoms with Crippen molar-refractivity contribution in [2.75, 3.05) is 5.32 Å². The lowest BCUT2D eigenvalue weighted by atomic mass is 9.83. The molecule has 7 heteroatoms. The highest BCUT2D eigenvalue weighted by atomic mass is 35.5. The number of amides is 2. The van der Waals surface area contributed by atoms with Gasteiger partial charge in [-0.3, -0.25) is 14.6 Å². The number of hydrogen-bond donors (Lipinski definition) is 3. The average Bonchev–Trinajstić information content (AvgIpc) is 2.98. The standard InChI is InChI=1S/C22H22ClN3O3/c23-16-3-4-19(27)15(10-16)11-20(28)25-17-6-9-24-18(12-17)21(29)26-22-7-1-2-14(13-22)5-8-22/h3-6,9-10,12,27H,1-2,7-8,11,13H2,(H,26,29)(H,24,25,28). The van der Waals surface area contributed by atoms with E-state index in [9.17, 15) is 14.7 Å². The van der Waals surface area contributed by atoms with Crippen molar-refractivity contribution in [1.29, 1.82) is 0 Å². The van der Waals surface area contributed by atoms with E-state index in [1.165, 1.54) is 17.8 Å². The molecular formula is C22H22ClN3O3. The third kappa shape index (κ3) is 4.43. The van der Waals surface area contributed by atoms with E-state index in [2.05, 4.69) is 21.7 Å². The van der Waals surface area contributed by atoms with Gasteiger partial charge in [-0.15, -0.1) is 0 Å². The zero-order chi connectivity index (χ0) is 20.4. The molecule has 0 saturated heterocycles. The van der Waals surface area contributed by atoms with Gasteiger partial charge >= 0.3 is 0 Å². The van der Waals surface area contributed by atoms with E-state index >= 15 is 0 Å². The number of anilines is 1. The molecule has 4 rings (SSSR count). The van der Waals surface area contributed by atoms with E-state index in [4.69, 9.17) is 11.6 Å². The molecule has 3 N–H and O–H groups in total. The molecule has 1 unspecified atom stereocenters. The summed E-state index contributed by atoms with van der Waals surface area (Å²) in [5.41, 5.74) is 2.41. The van der Waals surface area contributed by atoms with Crippen molar-refractivity contribution in [2.24, 2.45) is 0 Å². The predicted octanol–water partition coefficient (Wildman–Crippen LogP) is 3.99. The monoisotopic (exact) mass is 411 g/mol. The lowest BCUT2D eigenvalue weighted by Gasteiger charge is -2.33. The molecule has 2 aliphatic rings. The Balaban J connectivity index is 1.41. The maximum absolute atomic E-state index is 12.7. The maximum Gasteiger partial charge on any atom is 0.270 e. The quantitative estimate of drug-likeness (QED) is 0.648. The molecule has 1 atom stereocenters. The number of carbonyl (C=O) groups excluding carboxylic acids is 2. The Labute approximate surface area is 174 Å². The summed E-state index contributed by atoms with van der Waals surface area (Å²) in [6.07, 6.45) is 8.67. The van der Waals surface area contributed by atoms with Gasteiger partial charge in [-0.1, -0.05) is 23.3 Å². The second kappa shape index (κ2) is 7.87. The number of fused-ring (bicyclic) bond motifs is 2. The first-order valence-corrected chi connectivity index (χ1v) is 10.0. The highest BCUT2D eigenvalue weighted by Crippen LogP contribution is 2.40. The maximum atomic E-state index is 12.7. The Bertz CT molecular complexity index is 1000. The van der Waals surface area contributed by atoms with Gasteiger partial charge in [0.05, 0.1) is 6.42 Å². The van der Waals surface area contributed by atoms with Crippen LogP contribution in [0.3, 0.4) is 0 Å². The van der Waals surface area contributed by atoms with Crippen LogP contribution in [0.25, 0.3) is 0 Å². The summed E-state index contributed by atoms with van der Waals surface area (Å²) in [4.78, 5) is 29.3. The molecule has 2 aromatic rings. The Kier molecular flexibility index (Phi) is 5.28. The molecule has 0 radical (unpaired) electrons. The first-order chi connectivity index (χ1) is 13.9. The van der Waals surface area contributed by atoms with E-state index in [-0.39, 0.29) is 35.2 Å². The second-order valence-corrected chi connectivity index (χ2v) is 8.20. The second-order valence-electron chi connectivity index (χ2n) is 7.76. The number of benzene rings is 1. The van der Waals surface area contributed by atoms with E-state index < -0.39 is 0 Å². The van der Waals surface area contributed by atoms with Gasteiger partial charge in [0.2, 0.25) is 5.91 Å². The van der Waals surface area contributed by atoms with Gasteiger partial charge in [0.25, 0.3) is 5.91 Å². The fourth-order valence-corrected chi connectivity index (χ4v) is 4.32. The Morgan fingerprint density at radius 3 is 2.97 bits per heavy atom. The molecule has 0 spiro atoms. The molecule has 6 nitrogen and oxygen atoms in total. The van der Waals surface area contributed by atoms with Crippen LogP contribution in [-0.4, -0.2) is 27.4 Å². The van der Waals surface area contributed by atoms with E-state index in [1.807, 2.05) is 0 Å². The van der Waals surface area contributed by atoms with E-state index in [0.29, 0.717) is 16.3 Å². The molecule has 2 amide bonds. The Hall–Kier alpha value is -2.86. The number of halogens is 1. The third-order valence-corrected chi connectivity index (χ3v) is 5.78. The number of nitrogens with one attached hydrogen (secondary N) is 2. The zero-order valence-electron chi connectivity index (χ0n) is 15.9. The van der Waals surface area contributed by atoms with Gasteiger partial charge in [0, 0.05) is 28.0 Å². The fraction of sp³-hybridized carbons (Fsp3) is 0.318. The van der Waals surface area contributed by atoms with Crippen molar-refractivity contribution in [2.45, 2.75) is 44.1 Å². The van der Waals surface area contributed by atoms with Gasteiger partial charge in [0.15, 0.2) is 0 Å². The van der Waals surface area contributed by atoms with Gasteiger partial charge in [-0.25, -0.2) is 0 Å². The highest BCUT2D eigenvalue weighted by molar-refractivity contribution is 6.30. The number of pyridine rings is 1. The van der Waals surface area contributed by atoms with Gasteiger partial charge in [0.1, 0.15) is 11.4 Å². The third-order valence-electron chi connectivity index (χ3n) is 5.55. The van der Waals surface area contributed by atoms with Crippen LogP contribution in [0.4, 0.5) is 5.69 Å². The van der Waals surface area contributed by atoms with Gasteiger partial charge in [-0.05, 0) is 62.4 Å². The number of aromatic nitrogens is 1. The number of nitrogens with zero attached hydrogens (tertiary/aromatic N) is 1. The predicted molar refractivity (Wildman–Crippen MR) is 111 cm³/mol. The van der Waals surface area contributed by atoms with Crippen molar-refractivity contribution < 1.29 is 14.7 Å². The van der Waals surface area contributed by atoms with Crippen molar-refractivity contribution in [3.05, 3.63) is 64.5 Å². The number of aromatic hydroxyl groups is 1. The SMILES string of the molecule is O=C(Cc1cc(Cl)ccc1O)Nc1ccnc(C(=O)NC23CC=C(CCC2)C3)c1. The minimum atomic E-state index is -0.323. The Morgan fingerprint density at radius 2 is 2.10 bits per heavy atom. The number of carbonyl (C=O) groups is 2. The summed E-state index contributed by atoms with van der Waals surface area (Å²) >= 11 is 5.92. The molecule has 29 heavy (non-hydrogen) atoms. The van der Waals surface area contributed by atoms with Crippen LogP contribution in [0, 0.1) is 0 Å². The van der Waals surface area contributed by atoms with Crippen LogP contribution in [-0.2, 0) is 11.2 Å². The number of rotatable bonds is 5. The largest absolute Gasteiger partial charge is 0.508 e. The number of hydrogen-bond acceptors (Lipinski definition) is 4.